The van der Waals surface area contributed by atoms with Crippen LogP contribution >= 0.6 is 0 Å². The average molecular weight is 493 g/mol. The van der Waals surface area contributed by atoms with E-state index in [1.807, 2.05) is 0 Å². The van der Waals surface area contributed by atoms with Crippen molar-refractivity contribution in [1.29, 1.82) is 0 Å². The van der Waals surface area contributed by atoms with E-state index in [-0.39, 0.29) is 11.1 Å². The van der Waals surface area contributed by atoms with E-state index in [0.717, 1.165) is 27.7 Å². The number of hydrogen-bond acceptors (Lipinski definition) is 12. The predicted octanol–water partition coefficient (Wildman–Crippen LogP) is 0.297. The molecule has 188 valence electrons. The third-order valence-electron chi connectivity index (χ3n) is 4.91. The van der Waals surface area contributed by atoms with Crippen molar-refractivity contribution in [3.8, 4) is 0 Å². The summed E-state index contributed by atoms with van der Waals surface area (Å²) in [4.78, 5) is 77.9. The van der Waals surface area contributed by atoms with E-state index in [1.54, 1.807) is 12.1 Å². The highest BCUT2D eigenvalue weighted by atomic mass is 16.8. The number of carbonyl (C=O) groups is 6. The van der Waals surface area contributed by atoms with Crippen molar-refractivity contribution in [2.24, 2.45) is 0 Å². The van der Waals surface area contributed by atoms with Crippen molar-refractivity contribution in [1.82, 2.24) is 5.06 Å². The maximum absolute atomic E-state index is 12.8. The van der Waals surface area contributed by atoms with E-state index in [9.17, 15) is 28.8 Å². The summed E-state index contributed by atoms with van der Waals surface area (Å²) in [5.74, 6) is -4.80. The summed E-state index contributed by atoms with van der Waals surface area (Å²) in [5, 5.41) is 0.422. The number of rotatable bonds is 7. The first-order chi connectivity index (χ1) is 16.5. The van der Waals surface area contributed by atoms with Crippen LogP contribution in [0.2, 0.25) is 0 Å². The Morgan fingerprint density at radius 2 is 1.26 bits per heavy atom. The fourth-order valence-corrected chi connectivity index (χ4v) is 3.64. The number of imide groups is 1. The molecule has 3 rings (SSSR count). The van der Waals surface area contributed by atoms with Crippen LogP contribution in [0.15, 0.2) is 24.3 Å². The third-order valence-corrected chi connectivity index (χ3v) is 4.91. The largest absolute Gasteiger partial charge is 0.463 e. The molecule has 5 unspecified atom stereocenters. The lowest BCUT2D eigenvalue weighted by molar-refractivity contribution is -0.341. The molecule has 1 aromatic rings. The fourth-order valence-electron chi connectivity index (χ4n) is 3.64. The van der Waals surface area contributed by atoms with E-state index in [0.29, 0.717) is 5.06 Å². The second-order valence-electron chi connectivity index (χ2n) is 7.62. The highest BCUT2D eigenvalue weighted by Gasteiger charge is 2.54. The number of esters is 4. The Balaban J connectivity index is 1.98. The monoisotopic (exact) mass is 493 g/mol. The molecule has 2 aliphatic rings. The van der Waals surface area contributed by atoms with Gasteiger partial charge in [-0.25, -0.2) is 4.84 Å². The minimum Gasteiger partial charge on any atom is -0.463 e. The van der Waals surface area contributed by atoms with Gasteiger partial charge >= 0.3 is 23.9 Å². The molecule has 0 bridgehead atoms. The molecule has 13 heteroatoms. The second-order valence-corrected chi connectivity index (χ2v) is 7.62. The van der Waals surface area contributed by atoms with Crippen molar-refractivity contribution < 1.29 is 57.3 Å². The maximum atomic E-state index is 12.8. The maximum Gasteiger partial charge on any atom is 0.303 e. The molecule has 0 saturated carbocycles. The minimum absolute atomic E-state index is 0.0723. The zero-order chi connectivity index (χ0) is 25.9. The highest BCUT2D eigenvalue weighted by molar-refractivity contribution is 6.20. The zero-order valence-corrected chi connectivity index (χ0v) is 19.2. The lowest BCUT2D eigenvalue weighted by Gasteiger charge is -2.44. The first-order valence-electron chi connectivity index (χ1n) is 10.4. The van der Waals surface area contributed by atoms with Crippen LogP contribution in [0.25, 0.3) is 0 Å². The van der Waals surface area contributed by atoms with E-state index in [1.165, 1.54) is 12.1 Å². The van der Waals surface area contributed by atoms with Gasteiger partial charge < -0.3 is 23.7 Å². The van der Waals surface area contributed by atoms with Crippen molar-refractivity contribution in [2.75, 3.05) is 6.61 Å². The zero-order valence-electron chi connectivity index (χ0n) is 19.2. The molecule has 0 spiro atoms. The summed E-state index contributed by atoms with van der Waals surface area (Å²) < 4.78 is 26.5. The van der Waals surface area contributed by atoms with Gasteiger partial charge in [0.2, 0.25) is 6.29 Å². The number of benzene rings is 1. The fraction of sp³-hybridized carbons (Fsp3) is 0.455. The summed E-state index contributed by atoms with van der Waals surface area (Å²) in [6.07, 6.45) is -7.49. The van der Waals surface area contributed by atoms with Gasteiger partial charge in [-0.05, 0) is 12.1 Å². The summed E-state index contributed by atoms with van der Waals surface area (Å²) in [7, 11) is 0. The molecule has 0 aromatic heterocycles. The van der Waals surface area contributed by atoms with Crippen LogP contribution < -0.4 is 0 Å². The van der Waals surface area contributed by atoms with Crippen LogP contribution in [0.5, 0.6) is 0 Å². The van der Waals surface area contributed by atoms with Gasteiger partial charge in [-0.15, -0.1) is 5.06 Å². The van der Waals surface area contributed by atoms with Gasteiger partial charge in [-0.2, -0.15) is 0 Å². The number of hydrogen-bond donors (Lipinski definition) is 0. The summed E-state index contributed by atoms with van der Waals surface area (Å²) in [5.41, 5.74) is 0.145. The van der Waals surface area contributed by atoms with Crippen LogP contribution in [-0.2, 0) is 47.7 Å². The van der Waals surface area contributed by atoms with Gasteiger partial charge in [0.1, 0.15) is 12.7 Å². The third kappa shape index (κ3) is 5.81. The Hall–Kier alpha value is -3.84. The average Bonchev–Trinajstić information content (AvgIpc) is 3.00. The van der Waals surface area contributed by atoms with E-state index >= 15 is 0 Å². The number of hydroxylamine groups is 2. The molecule has 1 fully saturated rings. The smallest absolute Gasteiger partial charge is 0.303 e. The molecule has 1 aromatic carbocycles. The molecule has 5 atom stereocenters. The van der Waals surface area contributed by atoms with Crippen LogP contribution in [0.1, 0.15) is 48.4 Å². The quantitative estimate of drug-likeness (QED) is 0.291. The van der Waals surface area contributed by atoms with E-state index in [4.69, 9.17) is 28.5 Å². The standard InChI is InChI=1S/C22H23NO12/c1-10(24)30-9-16-17(31-11(2)25)18(32-12(3)26)19(33-13(4)27)22(34-16)35-23-20(28)14-7-5-6-8-15(14)21(23)29/h5-8,16-19,22H,9H2,1-4H3. The van der Waals surface area contributed by atoms with Gasteiger partial charge in [0.05, 0.1) is 11.1 Å². The summed E-state index contributed by atoms with van der Waals surface area (Å²) >= 11 is 0. The number of amides is 2. The molecule has 0 N–H and O–H groups in total. The predicted molar refractivity (Wildman–Crippen MR) is 110 cm³/mol. The topological polar surface area (TPSA) is 161 Å². The van der Waals surface area contributed by atoms with Crippen LogP contribution in [0.3, 0.4) is 0 Å². The van der Waals surface area contributed by atoms with Crippen molar-refractivity contribution in [3.63, 3.8) is 0 Å². The van der Waals surface area contributed by atoms with Gasteiger partial charge in [-0.1, -0.05) is 12.1 Å². The summed E-state index contributed by atoms with van der Waals surface area (Å²) in [6, 6.07) is 5.96. The number of fused-ring (bicyclic) bond motifs is 1. The van der Waals surface area contributed by atoms with Gasteiger partial charge in [0.15, 0.2) is 18.3 Å². The first-order valence-corrected chi connectivity index (χ1v) is 10.4. The van der Waals surface area contributed by atoms with Crippen molar-refractivity contribution in [2.45, 2.75) is 58.4 Å². The number of nitrogens with zero attached hydrogens (tertiary/aromatic N) is 1. The van der Waals surface area contributed by atoms with Crippen LogP contribution in [-0.4, -0.2) is 78.1 Å². The van der Waals surface area contributed by atoms with Gasteiger partial charge in [-0.3, -0.25) is 28.8 Å². The van der Waals surface area contributed by atoms with Gasteiger partial charge in [0, 0.05) is 27.7 Å². The molecule has 2 aliphatic heterocycles. The van der Waals surface area contributed by atoms with Gasteiger partial charge in [0.25, 0.3) is 11.8 Å². The molecule has 13 nitrogen and oxygen atoms in total. The van der Waals surface area contributed by atoms with Crippen LogP contribution in [0, 0.1) is 0 Å². The Labute approximate surface area is 199 Å². The Morgan fingerprint density at radius 3 is 1.74 bits per heavy atom. The summed E-state index contributed by atoms with van der Waals surface area (Å²) in [6.45, 7) is 3.83. The molecule has 1 saturated heterocycles. The second kappa shape index (κ2) is 10.6. The number of ether oxygens (including phenoxy) is 5. The minimum atomic E-state index is -1.71. The van der Waals surface area contributed by atoms with Crippen molar-refractivity contribution in [3.05, 3.63) is 35.4 Å². The van der Waals surface area contributed by atoms with Crippen LogP contribution in [0.4, 0.5) is 0 Å². The first kappa shape index (κ1) is 25.8. The van der Waals surface area contributed by atoms with Crippen molar-refractivity contribution >= 4 is 35.7 Å². The van der Waals surface area contributed by atoms with E-state index in [2.05, 4.69) is 0 Å². The SMILES string of the molecule is CC(=O)OCC1OC(ON2C(=O)c3ccccc3C2=O)C(OC(C)=O)C(OC(C)=O)C1OC(C)=O. The molecule has 0 aliphatic carbocycles. The molecule has 0 radical (unpaired) electrons. The Morgan fingerprint density at radius 1 is 0.771 bits per heavy atom. The molecular formula is C22H23NO12. The number of carbonyl (C=O) groups excluding carboxylic acids is 6. The highest BCUT2D eigenvalue weighted by Crippen LogP contribution is 2.32. The lowest BCUT2D eigenvalue weighted by atomic mass is 9.98. The molecule has 35 heavy (non-hydrogen) atoms. The van der Waals surface area contributed by atoms with E-state index < -0.39 is 73.0 Å². The molecular weight excluding hydrogens is 470 g/mol. The Bertz CT molecular complexity index is 1020. The lowest BCUT2D eigenvalue weighted by Crippen LogP contribution is -2.63. The normalized spacial score (nSPS) is 25.5. The Kier molecular flexibility index (Phi) is 7.82. The molecule has 2 heterocycles. The molecule has 2 amide bonds.